The molecule has 150 valence electrons. The van der Waals surface area contributed by atoms with Gasteiger partial charge >= 0.3 is 0 Å². The van der Waals surface area contributed by atoms with Crippen molar-refractivity contribution in [1.29, 1.82) is 0 Å². The first-order chi connectivity index (χ1) is 14.3. The summed E-state index contributed by atoms with van der Waals surface area (Å²) in [5.74, 6) is 1.71. The number of allylic oxidation sites excluding steroid dienone is 1. The molecule has 2 heterocycles. The van der Waals surface area contributed by atoms with Gasteiger partial charge < -0.3 is 5.32 Å². The van der Waals surface area contributed by atoms with Crippen LogP contribution in [0.25, 0.3) is 11.4 Å². The van der Waals surface area contributed by atoms with E-state index in [1.54, 1.807) is 12.3 Å². The Balaban J connectivity index is 1.43. The molecule has 3 aromatic rings. The van der Waals surface area contributed by atoms with Crippen molar-refractivity contribution in [2.45, 2.75) is 43.4 Å². The molecule has 1 N–H and O–H groups in total. The van der Waals surface area contributed by atoms with Crippen LogP contribution in [0, 0.1) is 0 Å². The van der Waals surface area contributed by atoms with Crippen LogP contribution in [0.15, 0.2) is 60.4 Å². The van der Waals surface area contributed by atoms with Crippen LogP contribution in [0.5, 0.6) is 0 Å². The molecule has 4 rings (SSSR count). The second-order valence-electron chi connectivity index (χ2n) is 7.01. The lowest BCUT2D eigenvalue weighted by molar-refractivity contribution is -0.113. The molecule has 0 saturated heterocycles. The van der Waals surface area contributed by atoms with Crippen LogP contribution in [0.2, 0.25) is 0 Å². The van der Waals surface area contributed by atoms with E-state index in [4.69, 9.17) is 0 Å². The maximum atomic E-state index is 12.5. The number of benzene rings is 1. The molecule has 2 aromatic heterocycles. The predicted molar refractivity (Wildman–Crippen MR) is 115 cm³/mol. The molecule has 0 spiro atoms. The van der Waals surface area contributed by atoms with Gasteiger partial charge in [-0.3, -0.25) is 9.36 Å². The van der Waals surface area contributed by atoms with Crippen molar-refractivity contribution < 1.29 is 4.79 Å². The van der Waals surface area contributed by atoms with E-state index in [-0.39, 0.29) is 11.7 Å². The van der Waals surface area contributed by atoms with E-state index in [2.05, 4.69) is 27.2 Å². The molecule has 1 saturated carbocycles. The van der Waals surface area contributed by atoms with E-state index in [1.165, 1.54) is 24.6 Å². The molecular formula is C21H24N6OS. The van der Waals surface area contributed by atoms with E-state index in [9.17, 15) is 4.79 Å². The fraction of sp³-hybridized carbons (Fsp3) is 0.333. The van der Waals surface area contributed by atoms with Gasteiger partial charge in [-0.05, 0) is 12.8 Å². The topological polar surface area (TPSA) is 77.6 Å². The standard InChI is InChI=1S/C21H24N6OS/c1-2-14-26-20(16-8-4-3-5-9-16)24-25-21(26)29-15-19(28)23-18-12-13-22-27(18)17-10-6-7-11-17/h2-5,8-9,12-13,17H,1,6-7,10-11,14-15H2,(H,23,28). The van der Waals surface area contributed by atoms with Crippen LogP contribution in [0.4, 0.5) is 5.82 Å². The van der Waals surface area contributed by atoms with Crippen molar-refractivity contribution in [2.75, 3.05) is 11.1 Å². The van der Waals surface area contributed by atoms with Gasteiger partial charge in [-0.15, -0.1) is 16.8 Å². The summed E-state index contributed by atoms with van der Waals surface area (Å²) in [5, 5.41) is 16.7. The molecule has 1 aliphatic carbocycles. The highest BCUT2D eigenvalue weighted by Gasteiger charge is 2.21. The average Bonchev–Trinajstić information content (AvgIpc) is 3.48. The fourth-order valence-corrected chi connectivity index (χ4v) is 4.40. The molecule has 1 aromatic carbocycles. The van der Waals surface area contributed by atoms with Gasteiger partial charge in [0.1, 0.15) is 5.82 Å². The number of carbonyl (C=O) groups excluding carboxylic acids is 1. The highest BCUT2D eigenvalue weighted by atomic mass is 32.2. The highest BCUT2D eigenvalue weighted by Crippen LogP contribution is 2.31. The minimum atomic E-state index is -0.0795. The number of nitrogens with one attached hydrogen (secondary N) is 1. The highest BCUT2D eigenvalue weighted by molar-refractivity contribution is 7.99. The van der Waals surface area contributed by atoms with E-state index in [1.807, 2.05) is 45.6 Å². The fourth-order valence-electron chi connectivity index (χ4n) is 3.65. The zero-order valence-corrected chi connectivity index (χ0v) is 17.0. The number of hydrogen-bond acceptors (Lipinski definition) is 5. The maximum absolute atomic E-state index is 12.5. The van der Waals surface area contributed by atoms with Crippen LogP contribution in [-0.2, 0) is 11.3 Å². The molecule has 0 atom stereocenters. The van der Waals surface area contributed by atoms with Crippen LogP contribution in [0.1, 0.15) is 31.7 Å². The minimum absolute atomic E-state index is 0.0795. The molecule has 0 radical (unpaired) electrons. The van der Waals surface area contributed by atoms with E-state index >= 15 is 0 Å². The van der Waals surface area contributed by atoms with Crippen molar-refractivity contribution in [2.24, 2.45) is 0 Å². The molecule has 0 bridgehead atoms. The van der Waals surface area contributed by atoms with E-state index < -0.39 is 0 Å². The number of hydrogen-bond donors (Lipinski definition) is 1. The maximum Gasteiger partial charge on any atom is 0.235 e. The normalized spacial score (nSPS) is 14.2. The third-order valence-electron chi connectivity index (χ3n) is 5.00. The predicted octanol–water partition coefficient (Wildman–Crippen LogP) is 4.17. The van der Waals surface area contributed by atoms with Gasteiger partial charge in [0, 0.05) is 18.2 Å². The number of aromatic nitrogens is 5. The second-order valence-corrected chi connectivity index (χ2v) is 7.95. The van der Waals surface area contributed by atoms with Gasteiger partial charge in [-0.2, -0.15) is 5.10 Å². The largest absolute Gasteiger partial charge is 0.310 e. The van der Waals surface area contributed by atoms with Crippen molar-refractivity contribution in [3.05, 3.63) is 55.3 Å². The molecule has 1 fully saturated rings. The number of carbonyl (C=O) groups is 1. The molecule has 1 aliphatic rings. The van der Waals surface area contributed by atoms with E-state index in [0.717, 1.165) is 30.0 Å². The molecular weight excluding hydrogens is 384 g/mol. The number of amides is 1. The van der Waals surface area contributed by atoms with Crippen LogP contribution in [-0.4, -0.2) is 36.2 Å². The monoisotopic (exact) mass is 408 g/mol. The Hall–Kier alpha value is -2.87. The number of rotatable bonds is 8. The number of thioether (sulfide) groups is 1. The lowest BCUT2D eigenvalue weighted by Gasteiger charge is -2.14. The molecule has 8 heteroatoms. The molecule has 1 amide bonds. The van der Waals surface area contributed by atoms with Gasteiger partial charge in [-0.25, -0.2) is 4.68 Å². The Kier molecular flexibility index (Phi) is 6.09. The Morgan fingerprint density at radius 3 is 2.76 bits per heavy atom. The SMILES string of the molecule is C=CCn1c(SCC(=O)Nc2ccnn2C2CCCC2)nnc1-c1ccccc1. The third-order valence-corrected chi connectivity index (χ3v) is 5.97. The summed E-state index contributed by atoms with van der Waals surface area (Å²) in [6, 6.07) is 12.1. The molecule has 0 aliphatic heterocycles. The summed E-state index contributed by atoms with van der Waals surface area (Å²) >= 11 is 1.37. The lowest BCUT2D eigenvalue weighted by atomic mass is 10.2. The summed E-state index contributed by atoms with van der Waals surface area (Å²) in [6.45, 7) is 4.41. The number of nitrogens with zero attached hydrogens (tertiary/aromatic N) is 5. The van der Waals surface area contributed by atoms with Crippen molar-refractivity contribution in [3.8, 4) is 11.4 Å². The number of anilines is 1. The molecule has 29 heavy (non-hydrogen) atoms. The lowest BCUT2D eigenvalue weighted by Crippen LogP contribution is -2.19. The van der Waals surface area contributed by atoms with E-state index in [0.29, 0.717) is 17.7 Å². The van der Waals surface area contributed by atoms with Crippen LogP contribution in [0.3, 0.4) is 0 Å². The third kappa shape index (κ3) is 4.42. The van der Waals surface area contributed by atoms with Crippen molar-refractivity contribution >= 4 is 23.5 Å². The molecule has 7 nitrogen and oxygen atoms in total. The van der Waals surface area contributed by atoms with Crippen molar-refractivity contribution in [3.63, 3.8) is 0 Å². The Morgan fingerprint density at radius 1 is 1.21 bits per heavy atom. The average molecular weight is 409 g/mol. The quantitative estimate of drug-likeness (QED) is 0.447. The minimum Gasteiger partial charge on any atom is -0.310 e. The zero-order valence-electron chi connectivity index (χ0n) is 16.2. The van der Waals surface area contributed by atoms with Gasteiger partial charge in [0.25, 0.3) is 0 Å². The zero-order chi connectivity index (χ0) is 20.1. The molecule has 0 unspecified atom stereocenters. The summed E-state index contributed by atoms with van der Waals surface area (Å²) in [5.41, 5.74) is 0.985. The van der Waals surface area contributed by atoms with Gasteiger partial charge in [0.15, 0.2) is 11.0 Å². The van der Waals surface area contributed by atoms with Crippen LogP contribution >= 0.6 is 11.8 Å². The van der Waals surface area contributed by atoms with Gasteiger partial charge in [-0.1, -0.05) is 61.0 Å². The van der Waals surface area contributed by atoms with Gasteiger partial charge in [0.2, 0.25) is 5.91 Å². The Labute approximate surface area is 174 Å². The Bertz CT molecular complexity index is 974. The first-order valence-electron chi connectivity index (χ1n) is 9.82. The summed E-state index contributed by atoms with van der Waals surface area (Å²) in [7, 11) is 0. The first-order valence-corrected chi connectivity index (χ1v) is 10.8. The van der Waals surface area contributed by atoms with Crippen LogP contribution < -0.4 is 5.32 Å². The first kappa shape index (κ1) is 19.4. The summed E-state index contributed by atoms with van der Waals surface area (Å²) in [4.78, 5) is 12.5. The summed E-state index contributed by atoms with van der Waals surface area (Å²) < 4.78 is 3.92. The Morgan fingerprint density at radius 2 is 2.00 bits per heavy atom. The van der Waals surface area contributed by atoms with Gasteiger partial charge in [0.05, 0.1) is 18.0 Å². The second kappa shape index (κ2) is 9.09. The smallest absolute Gasteiger partial charge is 0.235 e. The summed E-state index contributed by atoms with van der Waals surface area (Å²) in [6.07, 6.45) is 8.22. The van der Waals surface area contributed by atoms with Crippen molar-refractivity contribution in [1.82, 2.24) is 24.5 Å².